The van der Waals surface area contributed by atoms with E-state index in [0.717, 1.165) is 9.58 Å². The third-order valence-corrected chi connectivity index (χ3v) is 8.60. The molecule has 11 heteroatoms. The van der Waals surface area contributed by atoms with Crippen LogP contribution in [0, 0.1) is 17.7 Å². The summed E-state index contributed by atoms with van der Waals surface area (Å²) in [6, 6.07) is 12.5. The van der Waals surface area contributed by atoms with Gasteiger partial charge in [-0.1, -0.05) is 23.7 Å². The number of hydrogen-bond donors (Lipinski definition) is 2. The van der Waals surface area contributed by atoms with Gasteiger partial charge in [-0.3, -0.25) is 4.48 Å². The Hall–Kier alpha value is -3.75. The number of fused-ring (bicyclic) bond motifs is 1. The molecule has 0 aliphatic carbocycles. The number of likely N-dealkylation sites (tertiary alicyclic amines) is 1. The lowest BCUT2D eigenvalue weighted by atomic mass is 10.00. The average molecular weight is 594 g/mol. The SMILES string of the molecule is CC(C)(C)[N+]1(C(=O)[O-])C[C@@H](N)C[C@@H]1C#Cc1cc2ncnc(Nc3ccc(OCc4cccc(F)c4)c(Cl)c3)c2s1. The maximum absolute atomic E-state index is 13.4. The van der Waals surface area contributed by atoms with Gasteiger partial charge in [-0.25, -0.2) is 14.4 Å². The zero-order chi connectivity index (χ0) is 29.4. The Bertz CT molecular complexity index is 1680. The van der Waals surface area contributed by atoms with Crippen molar-refractivity contribution in [3.05, 3.63) is 76.1 Å². The van der Waals surface area contributed by atoms with E-state index in [0.29, 0.717) is 39.8 Å². The van der Waals surface area contributed by atoms with Crippen molar-refractivity contribution in [2.24, 2.45) is 5.73 Å². The topological polar surface area (TPSA) is 113 Å². The molecule has 2 aromatic heterocycles. The van der Waals surface area contributed by atoms with Crippen molar-refractivity contribution in [2.45, 2.75) is 51.4 Å². The minimum absolute atomic E-state index is 0.182. The zero-order valence-corrected chi connectivity index (χ0v) is 24.4. The van der Waals surface area contributed by atoms with E-state index in [1.165, 1.54) is 29.8 Å². The third kappa shape index (κ3) is 5.85. The first-order chi connectivity index (χ1) is 19.5. The number of carbonyl (C=O) groups excluding carboxylic acids is 1. The van der Waals surface area contributed by atoms with Gasteiger partial charge in [-0.05, 0) is 74.6 Å². The van der Waals surface area contributed by atoms with Gasteiger partial charge in [0.25, 0.3) is 6.09 Å². The van der Waals surface area contributed by atoms with E-state index in [-0.39, 0.29) is 29.5 Å². The lowest BCUT2D eigenvalue weighted by molar-refractivity contribution is -0.923. The van der Waals surface area contributed by atoms with E-state index >= 15 is 0 Å². The van der Waals surface area contributed by atoms with Gasteiger partial charge in [0.05, 0.1) is 31.7 Å². The number of thiophene rings is 1. The van der Waals surface area contributed by atoms with E-state index < -0.39 is 17.7 Å². The first-order valence-electron chi connectivity index (χ1n) is 13.0. The van der Waals surface area contributed by atoms with Crippen molar-refractivity contribution < 1.29 is 23.5 Å². The van der Waals surface area contributed by atoms with E-state index in [2.05, 4.69) is 27.1 Å². The molecule has 3 N–H and O–H groups in total. The quantitative estimate of drug-likeness (QED) is 0.241. The summed E-state index contributed by atoms with van der Waals surface area (Å²) in [6.45, 7) is 6.07. The second kappa shape index (κ2) is 11.3. The van der Waals surface area contributed by atoms with Crippen LogP contribution in [0.15, 0.2) is 54.9 Å². The molecule has 2 aromatic carbocycles. The van der Waals surface area contributed by atoms with Crippen LogP contribution >= 0.6 is 22.9 Å². The Morgan fingerprint density at radius 2 is 2.07 bits per heavy atom. The summed E-state index contributed by atoms with van der Waals surface area (Å²) in [5.41, 5.74) is 7.66. The minimum atomic E-state index is -1.16. The van der Waals surface area contributed by atoms with Gasteiger partial charge in [0.1, 0.15) is 31.0 Å². The van der Waals surface area contributed by atoms with Crippen LogP contribution in [0.5, 0.6) is 5.75 Å². The van der Waals surface area contributed by atoms with Crippen molar-refractivity contribution in [1.29, 1.82) is 0 Å². The predicted octanol–water partition coefficient (Wildman–Crippen LogP) is 5.22. The smallest absolute Gasteiger partial charge is 0.258 e. The molecule has 4 aromatic rings. The number of carboxylic acid groups (broad SMARTS) is 1. The molecular weight excluding hydrogens is 565 g/mol. The molecule has 212 valence electrons. The van der Waals surface area contributed by atoms with Crippen LogP contribution in [0.2, 0.25) is 5.02 Å². The van der Waals surface area contributed by atoms with E-state index in [9.17, 15) is 14.3 Å². The van der Waals surface area contributed by atoms with Crippen LogP contribution in [0.4, 0.5) is 20.7 Å². The van der Waals surface area contributed by atoms with E-state index in [1.807, 2.05) is 32.9 Å². The van der Waals surface area contributed by atoms with Gasteiger partial charge >= 0.3 is 0 Å². The highest BCUT2D eigenvalue weighted by atomic mass is 35.5. The Balaban J connectivity index is 1.36. The van der Waals surface area contributed by atoms with Crippen LogP contribution < -0.4 is 20.9 Å². The Morgan fingerprint density at radius 1 is 1.27 bits per heavy atom. The van der Waals surface area contributed by atoms with Crippen molar-refractivity contribution in [2.75, 3.05) is 11.9 Å². The highest BCUT2D eigenvalue weighted by Crippen LogP contribution is 2.37. The number of benzene rings is 2. The molecule has 0 bridgehead atoms. The molecule has 1 fully saturated rings. The number of nitrogens with one attached hydrogen (secondary N) is 1. The van der Waals surface area contributed by atoms with E-state index in [1.54, 1.807) is 24.3 Å². The molecule has 3 heterocycles. The summed E-state index contributed by atoms with van der Waals surface area (Å²) >= 11 is 7.87. The molecule has 41 heavy (non-hydrogen) atoms. The van der Waals surface area contributed by atoms with Crippen LogP contribution in [0.3, 0.4) is 0 Å². The van der Waals surface area contributed by atoms with Gasteiger partial charge in [0.15, 0.2) is 11.9 Å². The average Bonchev–Trinajstić information content (AvgIpc) is 3.48. The molecule has 1 amide bonds. The number of rotatable bonds is 5. The third-order valence-electron chi connectivity index (χ3n) is 7.25. The molecule has 1 unspecified atom stereocenters. The lowest BCUT2D eigenvalue weighted by Gasteiger charge is -2.47. The summed E-state index contributed by atoms with van der Waals surface area (Å²) in [5.74, 6) is 7.08. The fraction of sp³-hybridized carbons (Fsp3) is 0.300. The first kappa shape index (κ1) is 28.8. The predicted molar refractivity (Wildman–Crippen MR) is 156 cm³/mol. The monoisotopic (exact) mass is 593 g/mol. The van der Waals surface area contributed by atoms with Crippen molar-refractivity contribution in [3.8, 4) is 17.6 Å². The number of anilines is 2. The maximum Gasteiger partial charge on any atom is 0.258 e. The Kier molecular flexibility index (Phi) is 7.90. The number of ether oxygens (including phenoxy) is 1. The van der Waals surface area contributed by atoms with Crippen LogP contribution in [-0.4, -0.2) is 44.7 Å². The highest BCUT2D eigenvalue weighted by molar-refractivity contribution is 7.20. The molecule has 3 atom stereocenters. The molecule has 1 aliphatic rings. The second-order valence-corrected chi connectivity index (χ2v) is 12.5. The summed E-state index contributed by atoms with van der Waals surface area (Å²) < 4.78 is 19.7. The molecule has 0 spiro atoms. The van der Waals surface area contributed by atoms with Crippen LogP contribution in [0.25, 0.3) is 10.2 Å². The Labute approximate surface area is 246 Å². The number of nitrogens with two attached hydrogens (primary N) is 1. The molecule has 8 nitrogen and oxygen atoms in total. The summed E-state index contributed by atoms with van der Waals surface area (Å²) in [4.78, 5) is 21.8. The largest absolute Gasteiger partial charge is 0.498 e. The molecule has 0 saturated carbocycles. The van der Waals surface area contributed by atoms with Crippen molar-refractivity contribution in [3.63, 3.8) is 0 Å². The van der Waals surface area contributed by atoms with Gasteiger partial charge in [-0.2, -0.15) is 0 Å². The number of quaternary nitrogens is 1. The highest BCUT2D eigenvalue weighted by Gasteiger charge is 2.54. The number of nitrogens with zero attached hydrogens (tertiary/aromatic N) is 3. The van der Waals surface area contributed by atoms with Crippen LogP contribution in [-0.2, 0) is 6.61 Å². The molecule has 1 aliphatic heterocycles. The summed E-state index contributed by atoms with van der Waals surface area (Å²) in [6.07, 6.45) is 0.765. The number of aromatic nitrogens is 2. The molecule has 1 saturated heterocycles. The normalized spacial score (nSPS) is 20.4. The summed E-state index contributed by atoms with van der Waals surface area (Å²) in [7, 11) is 0. The number of carbonyl (C=O) groups is 1. The number of hydrogen-bond acceptors (Lipinski definition) is 8. The number of amides is 1. The van der Waals surface area contributed by atoms with Gasteiger partial charge in [0.2, 0.25) is 0 Å². The fourth-order valence-corrected chi connectivity index (χ4v) is 6.36. The number of halogens is 2. The Morgan fingerprint density at radius 3 is 2.78 bits per heavy atom. The molecule has 0 radical (unpaired) electrons. The summed E-state index contributed by atoms with van der Waals surface area (Å²) in [5, 5.41) is 16.0. The second-order valence-electron chi connectivity index (χ2n) is 11.0. The fourth-order valence-electron chi connectivity index (χ4n) is 5.20. The van der Waals surface area contributed by atoms with Crippen molar-refractivity contribution >= 4 is 50.8 Å². The zero-order valence-electron chi connectivity index (χ0n) is 22.8. The minimum Gasteiger partial charge on any atom is -0.498 e. The lowest BCUT2D eigenvalue weighted by Crippen LogP contribution is -2.70. The van der Waals surface area contributed by atoms with Gasteiger partial charge < -0.3 is 25.7 Å². The molecule has 5 rings (SSSR count). The standard InChI is InChI=1S/C30H29ClFN5O3S/c1-30(2,3)37(29(38)39)15-20(33)12-22(37)8-9-23-14-25-27(41-23)28(35-17-34-25)36-21-7-10-26(24(31)13-21)40-16-18-5-4-6-19(32)11-18/h4-7,10-11,13-14,17,20,22H,12,15-16,33H2,1-3H3,(H-,34,35,36,38,39)/t20-,22-,37?/m0/s1. The van der Waals surface area contributed by atoms with E-state index in [4.69, 9.17) is 22.1 Å². The maximum atomic E-state index is 13.4. The van der Waals surface area contributed by atoms with Gasteiger partial charge in [-0.15, -0.1) is 11.3 Å². The molecular formula is C30H29ClFN5O3S. The van der Waals surface area contributed by atoms with Crippen LogP contribution in [0.1, 0.15) is 37.6 Å². The van der Waals surface area contributed by atoms with Crippen molar-refractivity contribution in [1.82, 2.24) is 9.97 Å². The van der Waals surface area contributed by atoms with Gasteiger partial charge in [0, 0.05) is 12.1 Å². The first-order valence-corrected chi connectivity index (χ1v) is 14.2.